The summed E-state index contributed by atoms with van der Waals surface area (Å²) >= 11 is 0. The summed E-state index contributed by atoms with van der Waals surface area (Å²) in [6, 6.07) is 6.90. The maximum atomic E-state index is 13.5. The first-order valence-corrected chi connectivity index (χ1v) is 9.08. The molecule has 9 nitrogen and oxygen atoms in total. The van der Waals surface area contributed by atoms with Gasteiger partial charge < -0.3 is 10.1 Å². The van der Waals surface area contributed by atoms with Crippen LogP contribution in [-0.4, -0.2) is 25.4 Å². The summed E-state index contributed by atoms with van der Waals surface area (Å²) in [4.78, 5) is 22.0. The average Bonchev–Trinajstić information content (AvgIpc) is 2.57. The number of nitrogens with zero attached hydrogens (tertiary/aromatic N) is 1. The topological polar surface area (TPSA) is 142 Å². The molecule has 0 spiro atoms. The van der Waals surface area contributed by atoms with E-state index < -0.39 is 43.4 Å². The smallest absolute Gasteiger partial charge is 0.312 e. The van der Waals surface area contributed by atoms with E-state index >= 15 is 0 Å². The number of benzene rings is 2. The maximum absolute atomic E-state index is 13.5. The van der Waals surface area contributed by atoms with Crippen molar-refractivity contribution < 1.29 is 27.3 Å². The minimum Gasteiger partial charge on any atom is -0.474 e. The summed E-state index contributed by atoms with van der Waals surface area (Å²) < 4.78 is 41.5. The number of aryl methyl sites for hydroxylation is 1. The van der Waals surface area contributed by atoms with E-state index in [0.29, 0.717) is 5.56 Å². The lowest BCUT2D eigenvalue weighted by molar-refractivity contribution is -0.386. The third kappa shape index (κ3) is 4.99. The highest BCUT2D eigenvalue weighted by Crippen LogP contribution is 2.30. The number of anilines is 1. The molecule has 27 heavy (non-hydrogen) atoms. The van der Waals surface area contributed by atoms with Gasteiger partial charge in [-0.1, -0.05) is 6.07 Å². The number of halogens is 1. The molecule has 0 aliphatic heterocycles. The minimum absolute atomic E-state index is 0.192. The van der Waals surface area contributed by atoms with Crippen molar-refractivity contribution in [2.45, 2.75) is 24.8 Å². The first kappa shape index (κ1) is 20.3. The number of ether oxygens (including phenoxy) is 1. The predicted molar refractivity (Wildman–Crippen MR) is 94.3 cm³/mol. The molecule has 11 heteroatoms. The second-order valence-electron chi connectivity index (χ2n) is 5.64. The highest BCUT2D eigenvalue weighted by molar-refractivity contribution is 7.89. The quantitative estimate of drug-likeness (QED) is 0.565. The predicted octanol–water partition coefficient (Wildman–Crippen LogP) is 2.10. The number of sulfonamides is 1. The number of nitro benzene ring substituents is 1. The first-order valence-electron chi connectivity index (χ1n) is 7.54. The van der Waals surface area contributed by atoms with Gasteiger partial charge in [0.2, 0.25) is 10.0 Å². The van der Waals surface area contributed by atoms with Crippen molar-refractivity contribution in [2.75, 3.05) is 5.32 Å². The van der Waals surface area contributed by atoms with Crippen LogP contribution in [0.15, 0.2) is 41.3 Å². The molecule has 2 aromatic rings. The Morgan fingerprint density at radius 2 is 1.96 bits per heavy atom. The van der Waals surface area contributed by atoms with Crippen LogP contribution in [0.25, 0.3) is 0 Å². The number of rotatable bonds is 6. The standard InChI is InChI=1S/C16H16FN3O6S/c1-9-3-4-11(7-13(9)17)19-16(21)10(2)26-15-6-5-12(27(18,24)25)8-14(15)20(22)23/h3-8,10H,1-2H3,(H,19,21)(H2,18,24,25)/t10-/m0/s1. The molecule has 0 heterocycles. The van der Waals surface area contributed by atoms with Crippen molar-refractivity contribution in [1.29, 1.82) is 0 Å². The molecule has 0 aliphatic rings. The summed E-state index contributed by atoms with van der Waals surface area (Å²) in [5, 5.41) is 18.5. The molecule has 0 fully saturated rings. The van der Waals surface area contributed by atoms with Crippen molar-refractivity contribution in [2.24, 2.45) is 5.14 Å². The van der Waals surface area contributed by atoms with Crippen LogP contribution in [-0.2, 0) is 14.8 Å². The van der Waals surface area contributed by atoms with E-state index in [0.717, 1.165) is 24.3 Å². The number of nitrogens with one attached hydrogen (secondary N) is 1. The molecule has 0 saturated carbocycles. The van der Waals surface area contributed by atoms with Gasteiger partial charge in [-0.25, -0.2) is 17.9 Å². The highest BCUT2D eigenvalue weighted by Gasteiger charge is 2.24. The van der Waals surface area contributed by atoms with Crippen LogP contribution < -0.4 is 15.2 Å². The number of amides is 1. The maximum Gasteiger partial charge on any atom is 0.312 e. The van der Waals surface area contributed by atoms with Gasteiger partial charge in [0.25, 0.3) is 5.91 Å². The van der Waals surface area contributed by atoms with Gasteiger partial charge >= 0.3 is 5.69 Å². The molecule has 0 radical (unpaired) electrons. The molecule has 2 rings (SSSR count). The largest absolute Gasteiger partial charge is 0.474 e. The minimum atomic E-state index is -4.14. The second kappa shape index (κ2) is 7.68. The van der Waals surface area contributed by atoms with E-state index in [9.17, 15) is 27.7 Å². The third-order valence-corrected chi connectivity index (χ3v) is 4.48. The van der Waals surface area contributed by atoms with E-state index in [4.69, 9.17) is 9.88 Å². The molecular formula is C16H16FN3O6S. The summed E-state index contributed by atoms with van der Waals surface area (Å²) in [6.07, 6.45) is -1.19. The summed E-state index contributed by atoms with van der Waals surface area (Å²) in [7, 11) is -4.14. The molecule has 0 unspecified atom stereocenters. The van der Waals surface area contributed by atoms with Gasteiger partial charge in [-0.05, 0) is 43.7 Å². The number of primary sulfonamides is 1. The van der Waals surface area contributed by atoms with Gasteiger partial charge in [0.05, 0.1) is 9.82 Å². The Balaban J connectivity index is 2.21. The summed E-state index contributed by atoms with van der Waals surface area (Å²) in [6.45, 7) is 2.90. The molecule has 1 amide bonds. The lowest BCUT2D eigenvalue weighted by Crippen LogP contribution is -2.30. The third-order valence-electron chi connectivity index (χ3n) is 3.57. The van der Waals surface area contributed by atoms with Crippen LogP contribution in [0.1, 0.15) is 12.5 Å². The summed E-state index contributed by atoms with van der Waals surface area (Å²) in [5.74, 6) is -1.50. The van der Waals surface area contributed by atoms with Crippen molar-refractivity contribution in [3.8, 4) is 5.75 Å². The highest BCUT2D eigenvalue weighted by atomic mass is 32.2. The number of hydrogen-bond acceptors (Lipinski definition) is 6. The Labute approximate surface area is 154 Å². The number of nitrogens with two attached hydrogens (primary N) is 1. The molecule has 1 atom stereocenters. The molecule has 0 bridgehead atoms. The Kier molecular flexibility index (Phi) is 5.76. The number of hydrogen-bond donors (Lipinski definition) is 2. The van der Waals surface area contributed by atoms with Crippen LogP contribution in [0.2, 0.25) is 0 Å². The van der Waals surface area contributed by atoms with Gasteiger partial charge in [-0.3, -0.25) is 14.9 Å². The molecule has 0 saturated heterocycles. The van der Waals surface area contributed by atoms with Crippen molar-refractivity contribution in [1.82, 2.24) is 0 Å². The van der Waals surface area contributed by atoms with Gasteiger partial charge in [0, 0.05) is 11.8 Å². The van der Waals surface area contributed by atoms with Crippen LogP contribution in [0, 0.1) is 22.9 Å². The lowest BCUT2D eigenvalue weighted by atomic mass is 10.2. The van der Waals surface area contributed by atoms with Crippen molar-refractivity contribution >= 4 is 27.3 Å². The zero-order valence-electron chi connectivity index (χ0n) is 14.3. The van der Waals surface area contributed by atoms with E-state index in [1.165, 1.54) is 19.1 Å². The zero-order valence-corrected chi connectivity index (χ0v) is 15.1. The Bertz CT molecular complexity index is 1010. The fourth-order valence-electron chi connectivity index (χ4n) is 2.07. The van der Waals surface area contributed by atoms with E-state index in [2.05, 4.69) is 5.32 Å². The van der Waals surface area contributed by atoms with Crippen LogP contribution in [0.5, 0.6) is 5.75 Å². The lowest BCUT2D eigenvalue weighted by Gasteiger charge is -2.15. The van der Waals surface area contributed by atoms with Gasteiger partial charge in [0.1, 0.15) is 5.82 Å². The Hall–Kier alpha value is -3.05. The van der Waals surface area contributed by atoms with Gasteiger partial charge in [-0.15, -0.1) is 0 Å². The molecule has 0 aliphatic carbocycles. The van der Waals surface area contributed by atoms with Crippen molar-refractivity contribution in [3.63, 3.8) is 0 Å². The normalized spacial score (nSPS) is 12.3. The molecule has 2 aromatic carbocycles. The SMILES string of the molecule is Cc1ccc(NC(=O)[C@H](C)Oc2ccc(S(N)(=O)=O)cc2[N+](=O)[O-])cc1F. The van der Waals surface area contributed by atoms with Gasteiger partial charge in [-0.2, -0.15) is 0 Å². The van der Waals surface area contributed by atoms with Crippen LogP contribution in [0.4, 0.5) is 15.8 Å². The number of carbonyl (C=O) groups excluding carboxylic acids is 1. The monoisotopic (exact) mass is 397 g/mol. The fraction of sp³-hybridized carbons (Fsp3) is 0.188. The van der Waals surface area contributed by atoms with E-state index in [1.807, 2.05) is 0 Å². The Morgan fingerprint density at radius 1 is 1.30 bits per heavy atom. The number of carbonyl (C=O) groups is 1. The average molecular weight is 397 g/mol. The van der Waals surface area contributed by atoms with E-state index in [-0.39, 0.29) is 11.4 Å². The zero-order chi connectivity index (χ0) is 20.4. The second-order valence-corrected chi connectivity index (χ2v) is 7.21. The summed E-state index contributed by atoms with van der Waals surface area (Å²) in [5.41, 5.74) is -0.0666. The van der Waals surface area contributed by atoms with Crippen molar-refractivity contribution in [3.05, 3.63) is 57.9 Å². The van der Waals surface area contributed by atoms with Crippen LogP contribution in [0.3, 0.4) is 0 Å². The first-order chi connectivity index (χ1) is 12.5. The van der Waals surface area contributed by atoms with Crippen LogP contribution >= 0.6 is 0 Å². The molecule has 3 N–H and O–H groups in total. The van der Waals surface area contributed by atoms with E-state index in [1.54, 1.807) is 6.92 Å². The van der Waals surface area contributed by atoms with Gasteiger partial charge in [0.15, 0.2) is 11.9 Å². The number of nitro groups is 1. The fourth-order valence-corrected chi connectivity index (χ4v) is 2.61. The molecule has 144 valence electrons. The Morgan fingerprint density at radius 3 is 2.52 bits per heavy atom. The molecule has 0 aromatic heterocycles. The molecular weight excluding hydrogens is 381 g/mol.